The van der Waals surface area contributed by atoms with Crippen LogP contribution in [0.3, 0.4) is 0 Å². The second-order valence-electron chi connectivity index (χ2n) is 3.64. The average Bonchev–Trinajstić information content (AvgIpc) is 2.77. The number of halogens is 3. The van der Waals surface area contributed by atoms with Crippen molar-refractivity contribution in [3.05, 3.63) is 42.2 Å². The van der Waals surface area contributed by atoms with Crippen LogP contribution in [0, 0.1) is 0 Å². The quantitative estimate of drug-likeness (QED) is 0.772. The van der Waals surface area contributed by atoms with E-state index in [2.05, 4.69) is 5.10 Å². The number of benzene rings is 1. The first-order valence-electron chi connectivity index (χ1n) is 4.96. The molecule has 0 saturated heterocycles. The molecule has 2 aromatic rings. The van der Waals surface area contributed by atoms with Crippen molar-refractivity contribution >= 4 is 12.6 Å². The van der Waals surface area contributed by atoms with E-state index in [9.17, 15) is 13.2 Å². The summed E-state index contributed by atoms with van der Waals surface area (Å²) in [6.45, 7) is 0. The number of alkyl halides is 3. The Labute approximate surface area is 100 Å². The molecule has 0 atom stereocenters. The molecule has 4 nitrogen and oxygen atoms in total. The van der Waals surface area contributed by atoms with Crippen LogP contribution >= 0.6 is 0 Å². The Hall–Kier alpha value is -1.80. The van der Waals surface area contributed by atoms with Gasteiger partial charge in [0, 0.05) is 17.9 Å². The number of nitrogens with zero attached hydrogens (tertiary/aromatic N) is 2. The molecule has 0 saturated carbocycles. The summed E-state index contributed by atoms with van der Waals surface area (Å²) in [7, 11) is -1.70. The molecular weight excluding hydrogens is 248 g/mol. The van der Waals surface area contributed by atoms with Crippen LogP contribution in [-0.2, 0) is 6.18 Å². The van der Waals surface area contributed by atoms with Gasteiger partial charge in [-0.2, -0.15) is 18.3 Å². The molecule has 1 heterocycles. The van der Waals surface area contributed by atoms with Crippen LogP contribution in [0.15, 0.2) is 36.7 Å². The lowest BCUT2D eigenvalue weighted by atomic mass is 9.83. The van der Waals surface area contributed by atoms with Gasteiger partial charge in [0.15, 0.2) is 0 Å². The summed E-state index contributed by atoms with van der Waals surface area (Å²) in [5.41, 5.74) is -0.495. The molecule has 0 amide bonds. The normalized spacial score (nSPS) is 11.6. The number of aromatic nitrogens is 2. The second kappa shape index (κ2) is 4.47. The fraction of sp³-hybridized carbons (Fsp3) is 0.100. The predicted molar refractivity (Wildman–Crippen MR) is 58.4 cm³/mol. The van der Waals surface area contributed by atoms with Crippen LogP contribution in [0.5, 0.6) is 0 Å². The maximum atomic E-state index is 12.5. The highest BCUT2D eigenvalue weighted by Crippen LogP contribution is 2.30. The Morgan fingerprint density at radius 2 is 1.94 bits per heavy atom. The third-order valence-corrected chi connectivity index (χ3v) is 2.34. The molecule has 1 aromatic heterocycles. The molecule has 94 valence electrons. The zero-order valence-electron chi connectivity index (χ0n) is 8.96. The van der Waals surface area contributed by atoms with Crippen LogP contribution in [0.25, 0.3) is 5.69 Å². The van der Waals surface area contributed by atoms with Crippen molar-refractivity contribution in [3.8, 4) is 5.69 Å². The van der Waals surface area contributed by atoms with Crippen LogP contribution in [0.4, 0.5) is 13.2 Å². The minimum Gasteiger partial charge on any atom is -0.423 e. The average molecular weight is 256 g/mol. The summed E-state index contributed by atoms with van der Waals surface area (Å²) in [6, 6.07) is 4.58. The fourth-order valence-electron chi connectivity index (χ4n) is 1.44. The number of rotatable bonds is 2. The van der Waals surface area contributed by atoms with Crippen molar-refractivity contribution in [1.29, 1.82) is 0 Å². The van der Waals surface area contributed by atoms with E-state index in [1.165, 1.54) is 24.5 Å². The van der Waals surface area contributed by atoms with E-state index in [-0.39, 0.29) is 11.2 Å². The van der Waals surface area contributed by atoms with Gasteiger partial charge in [0.1, 0.15) is 0 Å². The first kappa shape index (κ1) is 12.7. The SMILES string of the molecule is OB(O)c1cnn(-c2cccc(C(F)(F)F)c2)c1. The third-order valence-electron chi connectivity index (χ3n) is 2.34. The highest BCUT2D eigenvalue weighted by molar-refractivity contribution is 6.58. The van der Waals surface area contributed by atoms with E-state index < -0.39 is 18.9 Å². The summed E-state index contributed by atoms with van der Waals surface area (Å²) in [5, 5.41) is 21.5. The molecule has 8 heteroatoms. The van der Waals surface area contributed by atoms with Gasteiger partial charge in [-0.15, -0.1) is 0 Å². The van der Waals surface area contributed by atoms with E-state index in [0.717, 1.165) is 16.8 Å². The van der Waals surface area contributed by atoms with Gasteiger partial charge in [0.25, 0.3) is 0 Å². The molecule has 0 fully saturated rings. The number of hydrogen-bond acceptors (Lipinski definition) is 3. The minimum absolute atomic E-state index is 0.104. The molecule has 0 aliphatic carbocycles. The standard InChI is InChI=1S/C10H8BF3N2O2/c12-10(13,14)7-2-1-3-9(4-7)16-6-8(5-15-16)11(17)18/h1-6,17-18H. The van der Waals surface area contributed by atoms with Gasteiger partial charge in [-0.1, -0.05) is 6.07 Å². The van der Waals surface area contributed by atoms with E-state index in [0.29, 0.717) is 0 Å². The summed E-state index contributed by atoms with van der Waals surface area (Å²) in [4.78, 5) is 0. The van der Waals surface area contributed by atoms with Crippen LogP contribution in [0.1, 0.15) is 5.56 Å². The summed E-state index contributed by atoms with van der Waals surface area (Å²) >= 11 is 0. The van der Waals surface area contributed by atoms with Crippen molar-refractivity contribution in [2.75, 3.05) is 0 Å². The maximum absolute atomic E-state index is 12.5. The Balaban J connectivity index is 2.38. The molecule has 2 N–H and O–H groups in total. The molecule has 2 rings (SSSR count). The minimum atomic E-state index is -4.43. The van der Waals surface area contributed by atoms with Gasteiger partial charge in [-0.3, -0.25) is 0 Å². The van der Waals surface area contributed by atoms with Gasteiger partial charge in [-0.05, 0) is 18.2 Å². The van der Waals surface area contributed by atoms with Gasteiger partial charge in [-0.25, -0.2) is 4.68 Å². The van der Waals surface area contributed by atoms with Crippen molar-refractivity contribution in [2.24, 2.45) is 0 Å². The fourth-order valence-corrected chi connectivity index (χ4v) is 1.44. The van der Waals surface area contributed by atoms with Crippen molar-refractivity contribution < 1.29 is 23.2 Å². The highest BCUT2D eigenvalue weighted by atomic mass is 19.4. The van der Waals surface area contributed by atoms with Gasteiger partial charge in [0.05, 0.1) is 11.3 Å². The summed E-state index contributed by atoms with van der Waals surface area (Å²) < 4.78 is 38.7. The first-order valence-corrected chi connectivity index (χ1v) is 4.96. The van der Waals surface area contributed by atoms with Gasteiger partial charge in [0.2, 0.25) is 0 Å². The van der Waals surface area contributed by atoms with Crippen LogP contribution < -0.4 is 5.46 Å². The van der Waals surface area contributed by atoms with Gasteiger partial charge < -0.3 is 10.0 Å². The lowest BCUT2D eigenvalue weighted by Gasteiger charge is -2.08. The molecular formula is C10H8BF3N2O2. The highest BCUT2D eigenvalue weighted by Gasteiger charge is 2.30. The predicted octanol–water partition coefficient (Wildman–Crippen LogP) is 0.571. The Morgan fingerprint density at radius 1 is 1.22 bits per heavy atom. The topological polar surface area (TPSA) is 58.3 Å². The first-order chi connectivity index (χ1) is 8.38. The van der Waals surface area contributed by atoms with E-state index >= 15 is 0 Å². The maximum Gasteiger partial charge on any atom is 0.491 e. The third kappa shape index (κ3) is 2.54. The molecule has 18 heavy (non-hydrogen) atoms. The van der Waals surface area contributed by atoms with Gasteiger partial charge >= 0.3 is 13.3 Å². The number of hydrogen-bond donors (Lipinski definition) is 2. The lowest BCUT2D eigenvalue weighted by molar-refractivity contribution is -0.137. The molecule has 0 bridgehead atoms. The zero-order chi connectivity index (χ0) is 13.3. The molecule has 0 aliphatic rings. The van der Waals surface area contributed by atoms with Crippen molar-refractivity contribution in [3.63, 3.8) is 0 Å². The largest absolute Gasteiger partial charge is 0.491 e. The van der Waals surface area contributed by atoms with Crippen LogP contribution in [-0.4, -0.2) is 26.9 Å². The van der Waals surface area contributed by atoms with Crippen molar-refractivity contribution in [2.45, 2.75) is 6.18 Å². The van der Waals surface area contributed by atoms with E-state index in [1.54, 1.807) is 0 Å². The lowest BCUT2D eigenvalue weighted by Crippen LogP contribution is -2.28. The van der Waals surface area contributed by atoms with E-state index in [4.69, 9.17) is 10.0 Å². The van der Waals surface area contributed by atoms with Crippen LogP contribution in [0.2, 0.25) is 0 Å². The monoisotopic (exact) mass is 256 g/mol. The van der Waals surface area contributed by atoms with Crippen molar-refractivity contribution in [1.82, 2.24) is 9.78 Å². The van der Waals surface area contributed by atoms with E-state index in [1.807, 2.05) is 0 Å². The second-order valence-corrected chi connectivity index (χ2v) is 3.64. The zero-order valence-corrected chi connectivity index (χ0v) is 8.96. The Bertz CT molecular complexity index is 554. The summed E-state index contributed by atoms with van der Waals surface area (Å²) in [5.74, 6) is 0. The molecule has 0 radical (unpaired) electrons. The molecule has 1 aromatic carbocycles. The molecule has 0 spiro atoms. The summed E-state index contributed by atoms with van der Waals surface area (Å²) in [6.07, 6.45) is -2.01. The Kier molecular flexibility index (Phi) is 3.14. The molecule has 0 aliphatic heterocycles. The Morgan fingerprint density at radius 3 is 2.50 bits per heavy atom. The molecule has 0 unspecified atom stereocenters. The smallest absolute Gasteiger partial charge is 0.423 e.